The molecule has 6 heteroatoms. The van der Waals surface area contributed by atoms with Gasteiger partial charge in [0.1, 0.15) is 0 Å². The van der Waals surface area contributed by atoms with Gasteiger partial charge in [0.25, 0.3) is 0 Å². The van der Waals surface area contributed by atoms with Crippen molar-refractivity contribution in [3.8, 4) is 0 Å². The van der Waals surface area contributed by atoms with E-state index in [1.807, 2.05) is 0 Å². The molecule has 6 nitrogen and oxygen atoms in total. The summed E-state index contributed by atoms with van der Waals surface area (Å²) in [6.45, 7) is 3.36. The summed E-state index contributed by atoms with van der Waals surface area (Å²) in [7, 11) is 0. The number of imide groups is 1. The van der Waals surface area contributed by atoms with Crippen LogP contribution in [0.2, 0.25) is 0 Å². The molecule has 0 saturated carbocycles. The number of benzene rings is 1. The fraction of sp³-hybridized carbons (Fsp3) is 0.312. The highest BCUT2D eigenvalue weighted by molar-refractivity contribution is 6.23. The summed E-state index contributed by atoms with van der Waals surface area (Å²) in [4.78, 5) is 37.9. The summed E-state index contributed by atoms with van der Waals surface area (Å²) in [5, 5.41) is 0. The van der Waals surface area contributed by atoms with Crippen LogP contribution in [0.15, 0.2) is 41.6 Å². The molecule has 1 heterocycles. The van der Waals surface area contributed by atoms with Gasteiger partial charge in [-0.25, -0.2) is 4.79 Å². The Bertz CT molecular complexity index is 633. The minimum atomic E-state index is -0.892. The Labute approximate surface area is 128 Å². The molecule has 22 heavy (non-hydrogen) atoms. The van der Waals surface area contributed by atoms with E-state index >= 15 is 0 Å². The van der Waals surface area contributed by atoms with Crippen LogP contribution >= 0.6 is 0 Å². The molecule has 0 radical (unpaired) electrons. The van der Waals surface area contributed by atoms with Crippen molar-refractivity contribution in [1.29, 1.82) is 0 Å². The minimum absolute atomic E-state index is 0.0682. The van der Waals surface area contributed by atoms with Gasteiger partial charge in [0.2, 0.25) is 11.8 Å². The lowest BCUT2D eigenvalue weighted by molar-refractivity contribution is -0.140. The zero-order valence-electron chi connectivity index (χ0n) is 12.5. The van der Waals surface area contributed by atoms with Gasteiger partial charge < -0.3 is 10.5 Å². The van der Waals surface area contributed by atoms with Gasteiger partial charge in [-0.15, -0.1) is 0 Å². The summed E-state index contributed by atoms with van der Waals surface area (Å²) in [5.41, 5.74) is 6.48. The molecule has 2 rings (SSSR count). The summed E-state index contributed by atoms with van der Waals surface area (Å²) in [6.07, 6.45) is -0.0869. The Balaban J connectivity index is 2.35. The van der Waals surface area contributed by atoms with E-state index in [9.17, 15) is 14.4 Å². The molecular weight excluding hydrogens is 284 g/mol. The van der Waals surface area contributed by atoms with Gasteiger partial charge in [-0.05, 0) is 26.0 Å². The van der Waals surface area contributed by atoms with Crippen LogP contribution in [-0.4, -0.2) is 24.4 Å². The molecule has 1 unspecified atom stereocenters. The molecule has 1 fully saturated rings. The number of ether oxygens (including phenoxy) is 1. The first-order valence-corrected chi connectivity index (χ1v) is 7.02. The van der Waals surface area contributed by atoms with Crippen LogP contribution in [0.3, 0.4) is 0 Å². The molecule has 1 atom stereocenters. The number of para-hydroxylation sites is 1. The summed E-state index contributed by atoms with van der Waals surface area (Å²) in [6, 6.07) is 8.60. The standard InChI is InChI=1S/C16H18N2O4/c1-3-22-16(21)14(10(2)17)12-9-13(19)18(15(12)20)11-7-5-4-6-8-11/h4-8,12H,3,9,17H2,1-2H3. The molecule has 0 aromatic heterocycles. The number of nitrogens with two attached hydrogens (primary N) is 1. The number of hydrogen-bond acceptors (Lipinski definition) is 5. The van der Waals surface area contributed by atoms with Gasteiger partial charge in [0.15, 0.2) is 0 Å². The third-order valence-electron chi connectivity index (χ3n) is 3.43. The predicted octanol–water partition coefficient (Wildman–Crippen LogP) is 1.36. The van der Waals surface area contributed by atoms with E-state index in [-0.39, 0.29) is 30.2 Å². The van der Waals surface area contributed by atoms with E-state index in [0.29, 0.717) is 5.69 Å². The largest absolute Gasteiger partial charge is 0.463 e. The molecule has 2 amide bonds. The van der Waals surface area contributed by atoms with Crippen molar-refractivity contribution in [2.45, 2.75) is 20.3 Å². The molecule has 0 bridgehead atoms. The van der Waals surface area contributed by atoms with E-state index in [4.69, 9.17) is 10.5 Å². The van der Waals surface area contributed by atoms with Crippen LogP contribution in [-0.2, 0) is 19.1 Å². The predicted molar refractivity (Wildman–Crippen MR) is 80.6 cm³/mol. The maximum absolute atomic E-state index is 12.6. The number of amides is 2. The van der Waals surface area contributed by atoms with Gasteiger partial charge in [-0.1, -0.05) is 18.2 Å². The van der Waals surface area contributed by atoms with E-state index in [0.717, 1.165) is 4.90 Å². The SMILES string of the molecule is CCOC(=O)C(=C(C)N)C1CC(=O)N(c2ccccc2)C1=O. The summed E-state index contributed by atoms with van der Waals surface area (Å²) >= 11 is 0. The molecule has 1 aromatic carbocycles. The number of nitrogens with zero attached hydrogens (tertiary/aromatic N) is 1. The summed E-state index contributed by atoms with van der Waals surface area (Å²) < 4.78 is 4.94. The molecule has 0 spiro atoms. The lowest BCUT2D eigenvalue weighted by Gasteiger charge is -2.16. The Morgan fingerprint density at radius 1 is 1.32 bits per heavy atom. The second kappa shape index (κ2) is 6.43. The number of hydrogen-bond donors (Lipinski definition) is 1. The Kier molecular flexibility index (Phi) is 4.60. The Morgan fingerprint density at radius 3 is 2.50 bits per heavy atom. The first-order chi connectivity index (χ1) is 10.5. The highest BCUT2D eigenvalue weighted by Crippen LogP contribution is 2.32. The molecule has 1 aliphatic heterocycles. The van der Waals surface area contributed by atoms with Crippen molar-refractivity contribution in [2.75, 3.05) is 11.5 Å². The van der Waals surface area contributed by atoms with Crippen LogP contribution in [0.4, 0.5) is 5.69 Å². The van der Waals surface area contributed by atoms with Crippen molar-refractivity contribution >= 4 is 23.5 Å². The lowest BCUT2D eigenvalue weighted by Crippen LogP contribution is -2.32. The minimum Gasteiger partial charge on any atom is -0.463 e. The number of anilines is 1. The summed E-state index contributed by atoms with van der Waals surface area (Å²) in [5.74, 6) is -2.35. The smallest absolute Gasteiger partial charge is 0.336 e. The van der Waals surface area contributed by atoms with Crippen molar-refractivity contribution in [3.63, 3.8) is 0 Å². The Morgan fingerprint density at radius 2 is 1.95 bits per heavy atom. The molecule has 116 valence electrons. The van der Waals surface area contributed by atoms with Gasteiger partial charge in [-0.3, -0.25) is 14.5 Å². The van der Waals surface area contributed by atoms with Crippen molar-refractivity contribution in [2.24, 2.45) is 11.7 Å². The van der Waals surface area contributed by atoms with Crippen molar-refractivity contribution in [1.82, 2.24) is 0 Å². The molecular formula is C16H18N2O4. The number of carbonyl (C=O) groups is 3. The average molecular weight is 302 g/mol. The van der Waals surface area contributed by atoms with Crippen LogP contribution < -0.4 is 10.6 Å². The molecule has 0 aliphatic carbocycles. The number of carbonyl (C=O) groups excluding carboxylic acids is 3. The third-order valence-corrected chi connectivity index (χ3v) is 3.43. The maximum atomic E-state index is 12.6. The number of esters is 1. The normalized spacial score (nSPS) is 19.2. The molecule has 2 N–H and O–H groups in total. The lowest BCUT2D eigenvalue weighted by atomic mass is 9.95. The average Bonchev–Trinajstić information content (AvgIpc) is 2.75. The number of allylic oxidation sites excluding steroid dienone is 1. The molecule has 1 saturated heterocycles. The van der Waals surface area contributed by atoms with E-state index in [2.05, 4.69) is 0 Å². The second-order valence-corrected chi connectivity index (χ2v) is 4.98. The highest BCUT2D eigenvalue weighted by Gasteiger charge is 2.44. The quantitative estimate of drug-likeness (QED) is 0.515. The topological polar surface area (TPSA) is 89.7 Å². The first kappa shape index (κ1) is 15.8. The van der Waals surface area contributed by atoms with E-state index in [1.54, 1.807) is 37.3 Å². The van der Waals surface area contributed by atoms with Crippen LogP contribution in [0.5, 0.6) is 0 Å². The van der Waals surface area contributed by atoms with Gasteiger partial charge >= 0.3 is 5.97 Å². The van der Waals surface area contributed by atoms with E-state index < -0.39 is 17.8 Å². The first-order valence-electron chi connectivity index (χ1n) is 7.02. The fourth-order valence-corrected chi connectivity index (χ4v) is 2.49. The second-order valence-electron chi connectivity index (χ2n) is 4.98. The monoisotopic (exact) mass is 302 g/mol. The zero-order valence-corrected chi connectivity index (χ0v) is 12.5. The van der Waals surface area contributed by atoms with Gasteiger partial charge in [0.05, 0.1) is 23.8 Å². The third kappa shape index (κ3) is 2.86. The van der Waals surface area contributed by atoms with Gasteiger partial charge in [0, 0.05) is 12.1 Å². The van der Waals surface area contributed by atoms with E-state index in [1.165, 1.54) is 6.92 Å². The van der Waals surface area contributed by atoms with Crippen molar-refractivity contribution in [3.05, 3.63) is 41.6 Å². The van der Waals surface area contributed by atoms with Gasteiger partial charge in [-0.2, -0.15) is 0 Å². The highest BCUT2D eigenvalue weighted by atomic mass is 16.5. The van der Waals surface area contributed by atoms with Crippen LogP contribution in [0.25, 0.3) is 0 Å². The fourth-order valence-electron chi connectivity index (χ4n) is 2.49. The number of rotatable bonds is 4. The van der Waals surface area contributed by atoms with Crippen LogP contribution in [0.1, 0.15) is 20.3 Å². The van der Waals surface area contributed by atoms with Crippen molar-refractivity contribution < 1.29 is 19.1 Å². The molecule has 1 aliphatic rings. The molecule has 1 aromatic rings. The Hall–Kier alpha value is -2.63. The van der Waals surface area contributed by atoms with Crippen LogP contribution in [0, 0.1) is 5.92 Å². The zero-order chi connectivity index (χ0) is 16.3. The maximum Gasteiger partial charge on any atom is 0.336 e.